The van der Waals surface area contributed by atoms with Crippen LogP contribution in [0, 0.1) is 0 Å². The highest BCUT2D eigenvalue weighted by molar-refractivity contribution is 7.98. The molecule has 0 aliphatic heterocycles. The Morgan fingerprint density at radius 2 is 1.76 bits per heavy atom. The van der Waals surface area contributed by atoms with Gasteiger partial charge in [0.1, 0.15) is 0 Å². The van der Waals surface area contributed by atoms with E-state index in [-0.39, 0.29) is 12.4 Å². The highest BCUT2D eigenvalue weighted by Gasteiger charge is 2.38. The predicted molar refractivity (Wildman–Crippen MR) is 95.0 cm³/mol. The first kappa shape index (κ1) is 17.6. The zero-order chi connectivity index (χ0) is 16.7. The minimum atomic E-state index is -4.53. The molecule has 0 saturated heterocycles. The fourth-order valence-corrected chi connectivity index (χ4v) is 3.65. The highest BCUT2D eigenvalue weighted by atomic mass is 35.5. The van der Waals surface area contributed by atoms with Crippen molar-refractivity contribution in [3.8, 4) is 0 Å². The number of hydrogen-bond acceptors (Lipinski definition) is 3. The Balaban J connectivity index is 0.00000182. The van der Waals surface area contributed by atoms with E-state index in [1.54, 1.807) is 54.9 Å². The van der Waals surface area contributed by atoms with Gasteiger partial charge in [-0.1, -0.05) is 24.3 Å². The zero-order valence-electron chi connectivity index (χ0n) is 12.6. The Bertz CT molecular complexity index is 1040. The van der Waals surface area contributed by atoms with Gasteiger partial charge in [-0.3, -0.25) is 8.96 Å². The number of imidazole rings is 1. The summed E-state index contributed by atoms with van der Waals surface area (Å²) in [6.07, 6.45) is -1.21. The van der Waals surface area contributed by atoms with Gasteiger partial charge < -0.3 is 0 Å². The molecule has 0 N–H and O–H groups in total. The van der Waals surface area contributed by atoms with Crippen LogP contribution in [0.1, 0.15) is 5.82 Å². The Morgan fingerprint density at radius 1 is 0.960 bits per heavy atom. The maximum Gasteiger partial charge on any atom is 0.450 e. The number of halogens is 4. The maximum absolute atomic E-state index is 13.4. The number of fused-ring (bicyclic) bond motifs is 2. The molecule has 0 saturated carbocycles. The van der Waals surface area contributed by atoms with Crippen molar-refractivity contribution in [3.05, 3.63) is 66.7 Å². The second-order valence-corrected chi connectivity index (χ2v) is 6.15. The van der Waals surface area contributed by atoms with E-state index in [4.69, 9.17) is 0 Å². The number of rotatable bonds is 2. The summed E-state index contributed by atoms with van der Waals surface area (Å²) in [5.74, 6) is -0.917. The molecule has 0 atom stereocenters. The molecule has 0 unspecified atom stereocenters. The molecule has 2 heterocycles. The van der Waals surface area contributed by atoms with Crippen LogP contribution < -0.4 is 0 Å². The van der Waals surface area contributed by atoms with Crippen molar-refractivity contribution in [1.82, 2.24) is 13.9 Å². The third-order valence-corrected chi connectivity index (χ3v) is 4.71. The first-order valence-corrected chi connectivity index (χ1v) is 7.87. The van der Waals surface area contributed by atoms with Crippen molar-refractivity contribution < 1.29 is 13.2 Å². The van der Waals surface area contributed by atoms with E-state index in [2.05, 4.69) is 9.97 Å². The lowest BCUT2D eigenvalue weighted by atomic mass is 10.2. The zero-order valence-corrected chi connectivity index (χ0v) is 14.2. The van der Waals surface area contributed by atoms with E-state index in [0.29, 0.717) is 15.9 Å². The molecule has 2 aromatic carbocycles. The van der Waals surface area contributed by atoms with Crippen molar-refractivity contribution in [3.63, 3.8) is 0 Å². The van der Waals surface area contributed by atoms with E-state index in [9.17, 15) is 13.2 Å². The first-order chi connectivity index (χ1) is 11.5. The van der Waals surface area contributed by atoms with E-state index < -0.39 is 12.0 Å². The third kappa shape index (κ3) is 3.17. The van der Waals surface area contributed by atoms with Crippen LogP contribution in [0.3, 0.4) is 0 Å². The van der Waals surface area contributed by atoms with Gasteiger partial charge >= 0.3 is 6.18 Å². The molecule has 0 aliphatic carbocycles. The lowest BCUT2D eigenvalue weighted by Crippen LogP contribution is -2.11. The smallest absolute Gasteiger partial charge is 0.264 e. The van der Waals surface area contributed by atoms with Gasteiger partial charge in [0.25, 0.3) is 0 Å². The molecule has 25 heavy (non-hydrogen) atoms. The van der Waals surface area contributed by atoms with Crippen molar-refractivity contribution in [2.45, 2.75) is 11.1 Å². The van der Waals surface area contributed by atoms with Crippen LogP contribution in [0.4, 0.5) is 13.2 Å². The molecule has 0 radical (unpaired) electrons. The van der Waals surface area contributed by atoms with Gasteiger partial charge in [-0.25, -0.2) is 4.98 Å². The van der Waals surface area contributed by atoms with Crippen LogP contribution in [-0.4, -0.2) is 13.9 Å². The molecule has 3 nitrogen and oxygen atoms in total. The van der Waals surface area contributed by atoms with E-state index in [1.807, 2.05) is 6.07 Å². The summed E-state index contributed by atoms with van der Waals surface area (Å²) in [6.45, 7) is 0. The molecule has 128 valence electrons. The third-order valence-electron chi connectivity index (χ3n) is 3.60. The first-order valence-electron chi connectivity index (χ1n) is 7.10. The molecule has 0 fully saturated rings. The summed E-state index contributed by atoms with van der Waals surface area (Å²) >= 11 is 1.01. The number of para-hydroxylation sites is 2. The molecule has 0 bridgehead atoms. The second-order valence-electron chi connectivity index (χ2n) is 5.16. The molecular weight excluding hydrogens is 371 g/mol. The fraction of sp³-hybridized carbons (Fsp3) is 0.0588. The van der Waals surface area contributed by atoms with Gasteiger partial charge in [0.15, 0.2) is 0 Å². The van der Waals surface area contributed by atoms with Gasteiger partial charge in [-0.2, -0.15) is 13.2 Å². The number of nitrogens with zero attached hydrogens (tertiary/aromatic N) is 3. The average molecular weight is 382 g/mol. The Hall–Kier alpha value is -2.25. The predicted octanol–water partition coefficient (Wildman–Crippen LogP) is 5.58. The summed E-state index contributed by atoms with van der Waals surface area (Å²) in [6, 6.07) is 13.9. The average Bonchev–Trinajstić information content (AvgIpc) is 2.94. The van der Waals surface area contributed by atoms with E-state index in [1.165, 1.54) is 0 Å². The largest absolute Gasteiger partial charge is 0.450 e. The lowest BCUT2D eigenvalue weighted by molar-refractivity contribution is -0.144. The van der Waals surface area contributed by atoms with Crippen LogP contribution in [-0.2, 0) is 6.18 Å². The lowest BCUT2D eigenvalue weighted by Gasteiger charge is -2.11. The van der Waals surface area contributed by atoms with Gasteiger partial charge in [0, 0.05) is 28.1 Å². The maximum atomic E-state index is 13.4. The normalized spacial score (nSPS) is 11.6. The molecule has 8 heteroatoms. The Morgan fingerprint density at radius 3 is 2.56 bits per heavy atom. The van der Waals surface area contributed by atoms with Crippen LogP contribution in [0.25, 0.3) is 21.8 Å². The van der Waals surface area contributed by atoms with Crippen LogP contribution >= 0.6 is 24.4 Å². The van der Waals surface area contributed by atoms with Gasteiger partial charge in [0.05, 0.1) is 11.0 Å². The van der Waals surface area contributed by atoms with Crippen LogP contribution in [0.15, 0.2) is 65.8 Å². The second kappa shape index (κ2) is 6.57. The van der Waals surface area contributed by atoms with Crippen molar-refractivity contribution >= 4 is 46.2 Å². The van der Waals surface area contributed by atoms with Crippen molar-refractivity contribution in [2.75, 3.05) is 0 Å². The molecule has 0 spiro atoms. The Kier molecular flexibility index (Phi) is 4.62. The SMILES string of the molecule is Cl.FC(F)(F)c1nc2ccccc2n1Sc1cccc2cnccc12. The number of benzene rings is 2. The minimum absolute atomic E-state index is 0. The molecule has 2 aromatic heterocycles. The fourth-order valence-electron chi connectivity index (χ4n) is 2.55. The summed E-state index contributed by atoms with van der Waals surface area (Å²) in [5.41, 5.74) is 0.750. The summed E-state index contributed by atoms with van der Waals surface area (Å²) in [5, 5.41) is 1.73. The topological polar surface area (TPSA) is 30.7 Å². The van der Waals surface area contributed by atoms with Crippen molar-refractivity contribution in [2.24, 2.45) is 0 Å². The summed E-state index contributed by atoms with van der Waals surface area (Å²) in [7, 11) is 0. The van der Waals surface area contributed by atoms with Crippen LogP contribution in [0.2, 0.25) is 0 Å². The van der Waals surface area contributed by atoms with Crippen LogP contribution in [0.5, 0.6) is 0 Å². The Labute approximate surface area is 151 Å². The molecule has 0 amide bonds. The number of pyridine rings is 1. The van der Waals surface area contributed by atoms with Crippen molar-refractivity contribution in [1.29, 1.82) is 0 Å². The quantitative estimate of drug-likeness (QED) is 0.454. The summed E-state index contributed by atoms with van der Waals surface area (Å²) in [4.78, 5) is 8.53. The summed E-state index contributed by atoms with van der Waals surface area (Å²) < 4.78 is 41.3. The van der Waals surface area contributed by atoms with E-state index in [0.717, 1.165) is 26.7 Å². The monoisotopic (exact) mass is 381 g/mol. The molecule has 4 rings (SSSR count). The number of alkyl halides is 3. The minimum Gasteiger partial charge on any atom is -0.264 e. The van der Waals surface area contributed by atoms with Gasteiger partial charge in [-0.05, 0) is 36.2 Å². The van der Waals surface area contributed by atoms with E-state index >= 15 is 0 Å². The molecular formula is C17H11ClF3N3S. The van der Waals surface area contributed by atoms with Gasteiger partial charge in [-0.15, -0.1) is 12.4 Å². The number of aromatic nitrogens is 3. The highest BCUT2D eigenvalue weighted by Crippen LogP contribution is 2.38. The molecule has 4 aromatic rings. The number of hydrogen-bond donors (Lipinski definition) is 0. The standard InChI is InChI=1S/C17H10F3N3S.ClH/c18-17(19,20)16-22-13-5-1-2-6-14(13)23(16)24-15-7-3-4-11-10-21-9-8-12(11)15;/h1-10H;1H. The molecule has 0 aliphatic rings. The van der Waals surface area contributed by atoms with Gasteiger partial charge in [0.2, 0.25) is 5.82 Å².